The maximum Gasteiger partial charge on any atom is 0.257 e. The van der Waals surface area contributed by atoms with Gasteiger partial charge in [-0.3, -0.25) is 10.1 Å². The first-order valence-corrected chi connectivity index (χ1v) is 7.31. The van der Waals surface area contributed by atoms with Crippen molar-refractivity contribution in [1.29, 1.82) is 0 Å². The number of hydrogen-bond donors (Lipinski definition) is 1. The summed E-state index contributed by atoms with van der Waals surface area (Å²) in [5.41, 5.74) is 0.384. The zero-order valence-corrected chi connectivity index (χ0v) is 12.0. The SMILES string of the molecule is CC(C)Sc1nnc(NC(=O)c2ccc(F)cc2)s1. The number of carbonyl (C=O) groups excluding carboxylic acids is 1. The molecule has 100 valence electrons. The number of carbonyl (C=O) groups is 1. The number of amides is 1. The van der Waals surface area contributed by atoms with Crippen LogP contribution in [-0.4, -0.2) is 21.4 Å². The van der Waals surface area contributed by atoms with Crippen molar-refractivity contribution in [2.24, 2.45) is 0 Å². The molecule has 1 N–H and O–H groups in total. The zero-order chi connectivity index (χ0) is 13.8. The number of rotatable bonds is 4. The number of nitrogens with one attached hydrogen (secondary N) is 1. The Bertz CT molecular complexity index is 569. The van der Waals surface area contributed by atoms with Gasteiger partial charge in [-0.05, 0) is 24.3 Å². The molecule has 0 aliphatic heterocycles. The van der Waals surface area contributed by atoms with Gasteiger partial charge in [0.25, 0.3) is 5.91 Å². The lowest BCUT2D eigenvalue weighted by molar-refractivity contribution is 0.102. The molecule has 1 amide bonds. The van der Waals surface area contributed by atoms with E-state index in [1.54, 1.807) is 11.8 Å². The Morgan fingerprint density at radius 2 is 2.00 bits per heavy atom. The summed E-state index contributed by atoms with van der Waals surface area (Å²) in [6.07, 6.45) is 0. The van der Waals surface area contributed by atoms with Crippen molar-refractivity contribution in [2.75, 3.05) is 5.32 Å². The minimum Gasteiger partial charge on any atom is -0.296 e. The number of anilines is 1. The highest BCUT2D eigenvalue weighted by Crippen LogP contribution is 2.28. The predicted octanol–water partition coefficient (Wildman–Crippen LogP) is 3.43. The van der Waals surface area contributed by atoms with Crippen LogP contribution >= 0.6 is 23.1 Å². The van der Waals surface area contributed by atoms with E-state index in [0.29, 0.717) is 15.9 Å². The molecule has 0 atom stereocenters. The van der Waals surface area contributed by atoms with E-state index in [-0.39, 0.29) is 11.7 Å². The van der Waals surface area contributed by atoms with Gasteiger partial charge in [-0.1, -0.05) is 36.9 Å². The summed E-state index contributed by atoms with van der Waals surface area (Å²) in [5, 5.41) is 11.4. The van der Waals surface area contributed by atoms with E-state index in [9.17, 15) is 9.18 Å². The van der Waals surface area contributed by atoms with Crippen LogP contribution < -0.4 is 5.32 Å². The highest BCUT2D eigenvalue weighted by molar-refractivity contribution is 8.01. The highest BCUT2D eigenvalue weighted by atomic mass is 32.2. The van der Waals surface area contributed by atoms with Crippen LogP contribution in [0.25, 0.3) is 0 Å². The van der Waals surface area contributed by atoms with Gasteiger partial charge in [-0.2, -0.15) is 0 Å². The number of nitrogens with zero attached hydrogens (tertiary/aromatic N) is 2. The smallest absolute Gasteiger partial charge is 0.257 e. The van der Waals surface area contributed by atoms with Crippen molar-refractivity contribution in [3.8, 4) is 0 Å². The van der Waals surface area contributed by atoms with Gasteiger partial charge in [0.05, 0.1) is 0 Å². The van der Waals surface area contributed by atoms with Gasteiger partial charge in [0, 0.05) is 10.8 Å². The van der Waals surface area contributed by atoms with Gasteiger partial charge in [0.2, 0.25) is 5.13 Å². The summed E-state index contributed by atoms with van der Waals surface area (Å²) in [6, 6.07) is 5.34. The van der Waals surface area contributed by atoms with Crippen molar-refractivity contribution >= 4 is 34.1 Å². The van der Waals surface area contributed by atoms with E-state index in [4.69, 9.17) is 0 Å². The largest absolute Gasteiger partial charge is 0.296 e. The maximum absolute atomic E-state index is 12.7. The van der Waals surface area contributed by atoms with E-state index in [1.807, 2.05) is 0 Å². The molecule has 0 bridgehead atoms. The second-order valence-electron chi connectivity index (χ2n) is 4.00. The van der Waals surface area contributed by atoms with E-state index < -0.39 is 0 Å². The Morgan fingerprint density at radius 3 is 2.63 bits per heavy atom. The lowest BCUT2D eigenvalue weighted by Crippen LogP contribution is -2.11. The Morgan fingerprint density at radius 1 is 1.32 bits per heavy atom. The molecule has 0 fully saturated rings. The van der Waals surface area contributed by atoms with Crippen molar-refractivity contribution in [1.82, 2.24) is 10.2 Å². The molecule has 19 heavy (non-hydrogen) atoms. The Hall–Kier alpha value is -1.47. The summed E-state index contributed by atoms with van der Waals surface area (Å²) in [7, 11) is 0. The van der Waals surface area contributed by atoms with E-state index in [2.05, 4.69) is 29.4 Å². The molecule has 1 aromatic heterocycles. The molecule has 0 saturated carbocycles. The fourth-order valence-corrected chi connectivity index (χ4v) is 3.25. The van der Waals surface area contributed by atoms with Crippen molar-refractivity contribution in [3.05, 3.63) is 35.6 Å². The van der Waals surface area contributed by atoms with Crippen LogP contribution in [0.1, 0.15) is 24.2 Å². The molecule has 0 saturated heterocycles. The van der Waals surface area contributed by atoms with Crippen LogP contribution in [0.4, 0.5) is 9.52 Å². The number of thioether (sulfide) groups is 1. The van der Waals surface area contributed by atoms with Crippen LogP contribution in [0.5, 0.6) is 0 Å². The second-order valence-corrected chi connectivity index (χ2v) is 6.80. The molecule has 1 heterocycles. The van der Waals surface area contributed by atoms with Crippen LogP contribution in [0.15, 0.2) is 28.6 Å². The Kier molecular flexibility index (Phi) is 4.49. The molecule has 0 aliphatic rings. The molecule has 0 radical (unpaired) electrons. The molecule has 2 rings (SSSR count). The van der Waals surface area contributed by atoms with Gasteiger partial charge in [-0.25, -0.2) is 4.39 Å². The van der Waals surface area contributed by atoms with Gasteiger partial charge in [0.15, 0.2) is 4.34 Å². The summed E-state index contributed by atoms with van der Waals surface area (Å²) in [6.45, 7) is 4.12. The van der Waals surface area contributed by atoms with Crippen molar-refractivity contribution < 1.29 is 9.18 Å². The first-order chi connectivity index (χ1) is 9.04. The number of hydrogen-bond acceptors (Lipinski definition) is 5. The molecule has 2 aromatic rings. The lowest BCUT2D eigenvalue weighted by Gasteiger charge is -2.00. The Labute approximate surface area is 118 Å². The average molecular weight is 297 g/mol. The number of aromatic nitrogens is 2. The van der Waals surface area contributed by atoms with Crippen LogP contribution in [-0.2, 0) is 0 Å². The first kappa shape index (κ1) is 14.0. The summed E-state index contributed by atoms with van der Waals surface area (Å²) < 4.78 is 13.6. The second kappa shape index (κ2) is 6.12. The highest BCUT2D eigenvalue weighted by Gasteiger charge is 2.11. The average Bonchev–Trinajstić information content (AvgIpc) is 2.76. The predicted molar refractivity (Wildman–Crippen MR) is 75.3 cm³/mol. The third kappa shape index (κ3) is 4.00. The van der Waals surface area contributed by atoms with Crippen LogP contribution in [0.2, 0.25) is 0 Å². The minimum absolute atomic E-state index is 0.322. The third-order valence-corrected chi connectivity index (χ3v) is 4.00. The molecular formula is C12H12FN3OS2. The topological polar surface area (TPSA) is 54.9 Å². The fraction of sp³-hybridized carbons (Fsp3) is 0.250. The molecule has 0 unspecified atom stereocenters. The van der Waals surface area contributed by atoms with E-state index in [0.717, 1.165) is 4.34 Å². The van der Waals surface area contributed by atoms with E-state index in [1.165, 1.54) is 35.6 Å². The molecule has 4 nitrogen and oxygen atoms in total. The van der Waals surface area contributed by atoms with Gasteiger partial charge in [-0.15, -0.1) is 10.2 Å². The molecule has 0 spiro atoms. The van der Waals surface area contributed by atoms with Gasteiger partial charge >= 0.3 is 0 Å². The van der Waals surface area contributed by atoms with Gasteiger partial charge in [0.1, 0.15) is 5.82 Å². The molecule has 7 heteroatoms. The number of benzene rings is 1. The standard InChI is InChI=1S/C12H12FN3OS2/c1-7(2)18-12-16-15-11(19-12)14-10(17)8-3-5-9(13)6-4-8/h3-7H,1-2H3,(H,14,15,17). The summed E-state index contributed by atoms with van der Waals surface area (Å²) >= 11 is 2.91. The van der Waals surface area contributed by atoms with Crippen molar-refractivity contribution in [2.45, 2.75) is 23.4 Å². The van der Waals surface area contributed by atoms with Crippen molar-refractivity contribution in [3.63, 3.8) is 0 Å². The summed E-state index contributed by atoms with van der Waals surface area (Å²) in [5.74, 6) is -0.694. The summed E-state index contributed by atoms with van der Waals surface area (Å²) in [4.78, 5) is 11.9. The molecular weight excluding hydrogens is 285 g/mol. The monoisotopic (exact) mass is 297 g/mol. The van der Waals surface area contributed by atoms with Gasteiger partial charge < -0.3 is 0 Å². The minimum atomic E-state index is -0.372. The van der Waals surface area contributed by atoms with E-state index >= 15 is 0 Å². The maximum atomic E-state index is 12.7. The Balaban J connectivity index is 2.02. The lowest BCUT2D eigenvalue weighted by atomic mass is 10.2. The third-order valence-electron chi connectivity index (χ3n) is 2.07. The van der Waals surface area contributed by atoms with Crippen LogP contribution in [0.3, 0.4) is 0 Å². The molecule has 0 aliphatic carbocycles. The molecule has 1 aromatic carbocycles. The fourth-order valence-electron chi connectivity index (χ4n) is 1.28. The number of halogens is 1. The quantitative estimate of drug-likeness (QED) is 0.694. The normalized spacial score (nSPS) is 10.7. The zero-order valence-electron chi connectivity index (χ0n) is 10.4. The van der Waals surface area contributed by atoms with Crippen LogP contribution in [0, 0.1) is 5.82 Å². The first-order valence-electron chi connectivity index (χ1n) is 5.61.